The van der Waals surface area contributed by atoms with E-state index < -0.39 is 0 Å². The standard InChI is InChI=1S/C11H15NS/c1-11(2)10-5-4-9(13-3)6-8(10)7-12-11/h4-6,12H,7H2,1-3H3. The van der Waals surface area contributed by atoms with Gasteiger partial charge in [-0.1, -0.05) is 6.07 Å². The highest BCUT2D eigenvalue weighted by Crippen LogP contribution is 2.32. The summed E-state index contributed by atoms with van der Waals surface area (Å²) in [6.45, 7) is 5.48. The monoisotopic (exact) mass is 193 g/mol. The Bertz CT molecular complexity index is 331. The lowest BCUT2D eigenvalue weighted by molar-refractivity contribution is 0.442. The van der Waals surface area contributed by atoms with E-state index in [9.17, 15) is 0 Å². The quantitative estimate of drug-likeness (QED) is 0.688. The first-order chi connectivity index (χ1) is 6.13. The van der Waals surface area contributed by atoms with E-state index in [1.54, 1.807) is 0 Å². The third kappa shape index (κ3) is 1.49. The second kappa shape index (κ2) is 3.03. The summed E-state index contributed by atoms with van der Waals surface area (Å²) in [5.41, 5.74) is 3.06. The van der Waals surface area contributed by atoms with Crippen molar-refractivity contribution in [1.82, 2.24) is 5.32 Å². The van der Waals surface area contributed by atoms with Gasteiger partial charge in [0.15, 0.2) is 0 Å². The summed E-state index contributed by atoms with van der Waals surface area (Å²) < 4.78 is 0. The molecule has 0 aromatic heterocycles. The van der Waals surface area contributed by atoms with Crippen LogP contribution in [0.1, 0.15) is 25.0 Å². The zero-order chi connectivity index (χ0) is 9.47. The molecule has 13 heavy (non-hydrogen) atoms. The fraction of sp³-hybridized carbons (Fsp3) is 0.455. The maximum atomic E-state index is 3.50. The van der Waals surface area contributed by atoms with Gasteiger partial charge in [0, 0.05) is 17.0 Å². The molecule has 1 aromatic carbocycles. The lowest BCUT2D eigenvalue weighted by Crippen LogP contribution is -2.28. The molecule has 1 aromatic rings. The van der Waals surface area contributed by atoms with Gasteiger partial charge in [-0.15, -0.1) is 11.8 Å². The summed E-state index contributed by atoms with van der Waals surface area (Å²) in [4.78, 5) is 1.36. The number of nitrogens with one attached hydrogen (secondary N) is 1. The number of thioether (sulfide) groups is 1. The molecule has 70 valence electrons. The Morgan fingerprint density at radius 1 is 1.38 bits per heavy atom. The maximum absolute atomic E-state index is 3.50. The molecule has 0 spiro atoms. The predicted octanol–water partition coefficient (Wildman–Crippen LogP) is 2.75. The van der Waals surface area contributed by atoms with Crippen LogP contribution in [0.2, 0.25) is 0 Å². The van der Waals surface area contributed by atoms with Gasteiger partial charge in [-0.05, 0) is 43.4 Å². The lowest BCUT2D eigenvalue weighted by atomic mass is 9.95. The SMILES string of the molecule is CSc1ccc2c(c1)CNC2(C)C. The van der Waals surface area contributed by atoms with Crippen molar-refractivity contribution in [3.8, 4) is 0 Å². The Labute approximate surface area is 83.9 Å². The molecule has 0 fully saturated rings. The Morgan fingerprint density at radius 2 is 2.15 bits per heavy atom. The van der Waals surface area contributed by atoms with Crippen LogP contribution in [-0.4, -0.2) is 6.26 Å². The highest BCUT2D eigenvalue weighted by atomic mass is 32.2. The highest BCUT2D eigenvalue weighted by Gasteiger charge is 2.28. The molecule has 0 saturated heterocycles. The van der Waals surface area contributed by atoms with Crippen molar-refractivity contribution in [2.24, 2.45) is 0 Å². The second-order valence-corrected chi connectivity index (χ2v) is 4.88. The van der Waals surface area contributed by atoms with E-state index >= 15 is 0 Å². The summed E-state index contributed by atoms with van der Waals surface area (Å²) >= 11 is 1.81. The smallest absolute Gasteiger partial charge is 0.0383 e. The number of benzene rings is 1. The fourth-order valence-electron chi connectivity index (χ4n) is 1.86. The first-order valence-corrected chi connectivity index (χ1v) is 5.78. The zero-order valence-corrected chi connectivity index (χ0v) is 9.16. The highest BCUT2D eigenvalue weighted by molar-refractivity contribution is 7.98. The first kappa shape index (κ1) is 9.10. The van der Waals surface area contributed by atoms with E-state index in [0.717, 1.165) is 6.54 Å². The van der Waals surface area contributed by atoms with Gasteiger partial charge in [-0.25, -0.2) is 0 Å². The summed E-state index contributed by atoms with van der Waals surface area (Å²) in [5.74, 6) is 0. The second-order valence-electron chi connectivity index (χ2n) is 4.00. The molecule has 1 heterocycles. The van der Waals surface area contributed by atoms with E-state index in [4.69, 9.17) is 0 Å². The summed E-state index contributed by atoms with van der Waals surface area (Å²) in [6.07, 6.45) is 2.12. The van der Waals surface area contributed by atoms with Crippen LogP contribution < -0.4 is 5.32 Å². The molecule has 1 N–H and O–H groups in total. The largest absolute Gasteiger partial charge is 0.304 e. The van der Waals surface area contributed by atoms with Gasteiger partial charge in [0.05, 0.1) is 0 Å². The van der Waals surface area contributed by atoms with Crippen molar-refractivity contribution in [1.29, 1.82) is 0 Å². The summed E-state index contributed by atoms with van der Waals surface area (Å²) in [7, 11) is 0. The molecule has 0 bridgehead atoms. The van der Waals surface area contributed by atoms with Crippen molar-refractivity contribution in [2.45, 2.75) is 30.8 Å². The van der Waals surface area contributed by atoms with Crippen LogP contribution in [0.15, 0.2) is 23.1 Å². The minimum absolute atomic E-state index is 0.159. The molecule has 2 heteroatoms. The Hall–Kier alpha value is -0.470. The van der Waals surface area contributed by atoms with Crippen molar-refractivity contribution in [3.05, 3.63) is 29.3 Å². The average molecular weight is 193 g/mol. The van der Waals surface area contributed by atoms with E-state index in [1.165, 1.54) is 16.0 Å². The molecular formula is C11H15NS. The van der Waals surface area contributed by atoms with E-state index in [0.29, 0.717) is 0 Å². The fourth-order valence-corrected chi connectivity index (χ4v) is 2.33. The molecule has 0 radical (unpaired) electrons. The number of fused-ring (bicyclic) bond motifs is 1. The minimum Gasteiger partial charge on any atom is -0.304 e. The van der Waals surface area contributed by atoms with Gasteiger partial charge >= 0.3 is 0 Å². The Kier molecular flexibility index (Phi) is 2.12. The van der Waals surface area contributed by atoms with Crippen LogP contribution in [0.3, 0.4) is 0 Å². The van der Waals surface area contributed by atoms with Gasteiger partial charge < -0.3 is 5.32 Å². The molecule has 0 saturated carbocycles. The topological polar surface area (TPSA) is 12.0 Å². The van der Waals surface area contributed by atoms with E-state index in [2.05, 4.69) is 43.6 Å². The van der Waals surface area contributed by atoms with E-state index in [1.807, 2.05) is 11.8 Å². The molecule has 0 unspecified atom stereocenters. The van der Waals surface area contributed by atoms with Crippen molar-refractivity contribution in [2.75, 3.05) is 6.26 Å². The molecule has 1 aliphatic rings. The van der Waals surface area contributed by atoms with Crippen molar-refractivity contribution < 1.29 is 0 Å². The van der Waals surface area contributed by atoms with Crippen molar-refractivity contribution >= 4 is 11.8 Å². The molecule has 0 atom stereocenters. The maximum Gasteiger partial charge on any atom is 0.0383 e. The van der Waals surface area contributed by atoms with Crippen LogP contribution in [0.4, 0.5) is 0 Å². The zero-order valence-electron chi connectivity index (χ0n) is 8.35. The van der Waals surface area contributed by atoms with Gasteiger partial charge in [0.25, 0.3) is 0 Å². The lowest BCUT2D eigenvalue weighted by Gasteiger charge is -2.19. The van der Waals surface area contributed by atoms with Gasteiger partial charge in [-0.2, -0.15) is 0 Å². The van der Waals surface area contributed by atoms with Crippen LogP contribution in [-0.2, 0) is 12.1 Å². The van der Waals surface area contributed by atoms with Crippen LogP contribution in [0, 0.1) is 0 Å². The number of hydrogen-bond donors (Lipinski definition) is 1. The van der Waals surface area contributed by atoms with Crippen LogP contribution >= 0.6 is 11.8 Å². The van der Waals surface area contributed by atoms with E-state index in [-0.39, 0.29) is 5.54 Å². The summed E-state index contributed by atoms with van der Waals surface area (Å²) in [5, 5.41) is 3.50. The third-order valence-electron chi connectivity index (χ3n) is 2.71. The molecule has 2 rings (SSSR count). The van der Waals surface area contributed by atoms with Gasteiger partial charge in [-0.3, -0.25) is 0 Å². The molecular weight excluding hydrogens is 178 g/mol. The Balaban J connectivity index is 2.46. The summed E-state index contributed by atoms with van der Waals surface area (Å²) in [6, 6.07) is 6.75. The number of hydrogen-bond acceptors (Lipinski definition) is 2. The average Bonchev–Trinajstić information content (AvgIpc) is 2.42. The molecule has 1 aliphatic heterocycles. The molecule has 1 nitrogen and oxygen atoms in total. The first-order valence-electron chi connectivity index (χ1n) is 4.56. The van der Waals surface area contributed by atoms with Crippen molar-refractivity contribution in [3.63, 3.8) is 0 Å². The molecule has 0 amide bonds. The molecule has 0 aliphatic carbocycles. The van der Waals surface area contributed by atoms with Crippen LogP contribution in [0.25, 0.3) is 0 Å². The normalized spacial score (nSPS) is 18.7. The minimum atomic E-state index is 0.159. The van der Waals surface area contributed by atoms with Crippen LogP contribution in [0.5, 0.6) is 0 Å². The number of rotatable bonds is 1. The third-order valence-corrected chi connectivity index (χ3v) is 3.43. The van der Waals surface area contributed by atoms with Gasteiger partial charge in [0.1, 0.15) is 0 Å². The Morgan fingerprint density at radius 3 is 2.85 bits per heavy atom. The predicted molar refractivity (Wildman–Crippen MR) is 58.1 cm³/mol. The van der Waals surface area contributed by atoms with Gasteiger partial charge in [0.2, 0.25) is 0 Å².